The van der Waals surface area contributed by atoms with Crippen LogP contribution in [0.1, 0.15) is 22.3 Å². The van der Waals surface area contributed by atoms with Gasteiger partial charge in [0.05, 0.1) is 20.1 Å². The fourth-order valence-electron chi connectivity index (χ4n) is 1.74. The number of hydrogen-bond acceptors (Lipinski definition) is 4. The molecule has 0 spiro atoms. The second-order valence-electron chi connectivity index (χ2n) is 3.68. The van der Waals surface area contributed by atoms with Crippen LogP contribution in [0, 0.1) is 6.92 Å². The number of carbonyl (C=O) groups is 1. The van der Waals surface area contributed by atoms with Crippen LogP contribution in [0.4, 0.5) is 0 Å². The van der Waals surface area contributed by atoms with E-state index in [2.05, 4.69) is 4.74 Å². The maximum Gasteiger partial charge on any atom is 0.309 e. The summed E-state index contributed by atoms with van der Waals surface area (Å²) in [6.45, 7) is 2.17. The van der Waals surface area contributed by atoms with Crippen molar-refractivity contribution < 1.29 is 14.6 Å². The van der Waals surface area contributed by atoms with Crippen molar-refractivity contribution in [2.75, 3.05) is 7.11 Å². The zero-order chi connectivity index (χ0) is 12.1. The molecule has 0 radical (unpaired) electrons. The minimum absolute atomic E-state index is 0.112. The van der Waals surface area contributed by atoms with Crippen molar-refractivity contribution in [3.63, 3.8) is 0 Å². The van der Waals surface area contributed by atoms with Crippen molar-refractivity contribution in [2.45, 2.75) is 26.5 Å². The Morgan fingerprint density at radius 2 is 2.06 bits per heavy atom. The minimum atomic E-state index is -0.316. The van der Waals surface area contributed by atoms with E-state index < -0.39 is 0 Å². The van der Waals surface area contributed by atoms with E-state index >= 15 is 0 Å². The quantitative estimate of drug-likeness (QED) is 0.735. The summed E-state index contributed by atoms with van der Waals surface area (Å²) >= 11 is 0. The zero-order valence-electron chi connectivity index (χ0n) is 9.62. The molecule has 0 saturated carbocycles. The van der Waals surface area contributed by atoms with Gasteiger partial charge in [-0.15, -0.1) is 0 Å². The molecular formula is C12H17NO3. The number of benzene rings is 1. The first-order chi connectivity index (χ1) is 7.62. The Kier molecular flexibility index (Phi) is 4.46. The SMILES string of the molecule is COC(=O)Cc1cc(C)cc(CN)c1CO. The highest BCUT2D eigenvalue weighted by atomic mass is 16.5. The lowest BCUT2D eigenvalue weighted by Crippen LogP contribution is -2.11. The highest BCUT2D eigenvalue weighted by Gasteiger charge is 2.11. The van der Waals surface area contributed by atoms with Crippen LogP contribution in [0.25, 0.3) is 0 Å². The first kappa shape index (κ1) is 12.7. The van der Waals surface area contributed by atoms with Gasteiger partial charge in [0.2, 0.25) is 0 Å². The Labute approximate surface area is 95.0 Å². The maximum absolute atomic E-state index is 11.2. The van der Waals surface area contributed by atoms with Gasteiger partial charge in [-0.3, -0.25) is 4.79 Å². The molecule has 0 bridgehead atoms. The van der Waals surface area contributed by atoms with Crippen LogP contribution < -0.4 is 5.73 Å². The average Bonchev–Trinajstić information content (AvgIpc) is 2.28. The van der Waals surface area contributed by atoms with E-state index in [9.17, 15) is 9.90 Å². The topological polar surface area (TPSA) is 72.5 Å². The minimum Gasteiger partial charge on any atom is -0.469 e. The monoisotopic (exact) mass is 223 g/mol. The summed E-state index contributed by atoms with van der Waals surface area (Å²) in [5.74, 6) is -0.316. The lowest BCUT2D eigenvalue weighted by Gasteiger charge is -2.12. The molecule has 0 aromatic heterocycles. The maximum atomic E-state index is 11.2. The van der Waals surface area contributed by atoms with Crippen molar-refractivity contribution in [1.82, 2.24) is 0 Å². The van der Waals surface area contributed by atoms with E-state index in [4.69, 9.17) is 5.73 Å². The second-order valence-corrected chi connectivity index (χ2v) is 3.68. The van der Waals surface area contributed by atoms with E-state index in [1.165, 1.54) is 7.11 Å². The van der Waals surface area contributed by atoms with E-state index in [0.29, 0.717) is 6.54 Å². The van der Waals surface area contributed by atoms with Crippen LogP contribution in [0.3, 0.4) is 0 Å². The molecule has 0 saturated heterocycles. The molecule has 0 amide bonds. The van der Waals surface area contributed by atoms with E-state index in [-0.39, 0.29) is 19.0 Å². The zero-order valence-corrected chi connectivity index (χ0v) is 9.62. The predicted molar refractivity (Wildman–Crippen MR) is 60.7 cm³/mol. The Morgan fingerprint density at radius 1 is 1.44 bits per heavy atom. The third-order valence-corrected chi connectivity index (χ3v) is 2.52. The molecule has 0 aliphatic rings. The van der Waals surface area contributed by atoms with E-state index in [1.807, 2.05) is 19.1 Å². The summed E-state index contributed by atoms with van der Waals surface area (Å²) in [5, 5.41) is 9.30. The van der Waals surface area contributed by atoms with Crippen molar-refractivity contribution >= 4 is 5.97 Å². The molecule has 0 aliphatic heterocycles. The Hall–Kier alpha value is -1.39. The molecule has 0 fully saturated rings. The number of carbonyl (C=O) groups excluding carboxylic acids is 1. The van der Waals surface area contributed by atoms with Gasteiger partial charge in [-0.25, -0.2) is 0 Å². The molecule has 0 aliphatic carbocycles. The van der Waals surface area contributed by atoms with Crippen molar-refractivity contribution in [1.29, 1.82) is 0 Å². The van der Waals surface area contributed by atoms with E-state index in [1.54, 1.807) is 0 Å². The van der Waals surface area contributed by atoms with Gasteiger partial charge in [-0.05, 0) is 23.6 Å². The lowest BCUT2D eigenvalue weighted by molar-refractivity contribution is -0.139. The normalized spacial score (nSPS) is 10.2. The number of aliphatic hydroxyl groups is 1. The predicted octanol–water partition coefficient (Wildman–Crippen LogP) is 0.662. The third-order valence-electron chi connectivity index (χ3n) is 2.52. The Bertz CT molecular complexity index is 388. The number of esters is 1. The highest BCUT2D eigenvalue weighted by Crippen LogP contribution is 2.18. The largest absolute Gasteiger partial charge is 0.469 e. The molecule has 0 heterocycles. The standard InChI is InChI=1S/C12H17NO3/c1-8-3-9(5-12(15)16-2)11(7-14)10(4-8)6-13/h3-4,14H,5-7,13H2,1-2H3. The van der Waals surface area contributed by atoms with Crippen LogP contribution in [0.15, 0.2) is 12.1 Å². The number of methoxy groups -OCH3 is 1. The molecule has 1 rings (SSSR count). The summed E-state index contributed by atoms with van der Waals surface area (Å²) in [7, 11) is 1.35. The molecule has 0 unspecified atom stereocenters. The molecule has 1 aromatic rings. The van der Waals surface area contributed by atoms with Gasteiger partial charge >= 0.3 is 5.97 Å². The Balaban J connectivity index is 3.14. The Morgan fingerprint density at radius 3 is 2.56 bits per heavy atom. The summed E-state index contributed by atoms with van der Waals surface area (Å²) in [4.78, 5) is 11.2. The molecule has 4 heteroatoms. The number of hydrogen-bond donors (Lipinski definition) is 2. The smallest absolute Gasteiger partial charge is 0.309 e. The molecule has 0 atom stereocenters. The molecule has 4 nitrogen and oxygen atoms in total. The fraction of sp³-hybridized carbons (Fsp3) is 0.417. The molecular weight excluding hydrogens is 206 g/mol. The average molecular weight is 223 g/mol. The van der Waals surface area contributed by atoms with E-state index in [0.717, 1.165) is 22.3 Å². The van der Waals surface area contributed by atoms with Crippen LogP contribution >= 0.6 is 0 Å². The number of nitrogens with two attached hydrogens (primary N) is 1. The molecule has 3 N–H and O–H groups in total. The highest BCUT2D eigenvalue weighted by molar-refractivity contribution is 5.73. The van der Waals surface area contributed by atoms with Gasteiger partial charge < -0.3 is 15.6 Å². The fourth-order valence-corrected chi connectivity index (χ4v) is 1.74. The number of ether oxygens (including phenoxy) is 1. The number of rotatable bonds is 4. The van der Waals surface area contributed by atoms with Gasteiger partial charge in [0, 0.05) is 6.54 Å². The van der Waals surface area contributed by atoms with Crippen LogP contribution in [0.2, 0.25) is 0 Å². The summed E-state index contributed by atoms with van der Waals surface area (Å²) in [5.41, 5.74) is 9.02. The van der Waals surface area contributed by atoms with Gasteiger partial charge in [0.1, 0.15) is 0 Å². The molecule has 16 heavy (non-hydrogen) atoms. The summed E-state index contributed by atoms with van der Waals surface area (Å²) in [6.07, 6.45) is 0.168. The first-order valence-electron chi connectivity index (χ1n) is 5.11. The lowest BCUT2D eigenvalue weighted by atomic mass is 9.96. The van der Waals surface area contributed by atoms with Gasteiger partial charge in [0.25, 0.3) is 0 Å². The van der Waals surface area contributed by atoms with Crippen LogP contribution in [0.5, 0.6) is 0 Å². The number of aryl methyl sites for hydroxylation is 1. The van der Waals surface area contributed by atoms with Crippen molar-refractivity contribution in [3.8, 4) is 0 Å². The molecule has 88 valence electrons. The third kappa shape index (κ3) is 2.81. The summed E-state index contributed by atoms with van der Waals surface area (Å²) < 4.78 is 4.62. The van der Waals surface area contributed by atoms with Crippen molar-refractivity contribution in [3.05, 3.63) is 34.4 Å². The van der Waals surface area contributed by atoms with Gasteiger partial charge in [-0.2, -0.15) is 0 Å². The van der Waals surface area contributed by atoms with Crippen LogP contribution in [-0.4, -0.2) is 18.2 Å². The van der Waals surface area contributed by atoms with Crippen molar-refractivity contribution in [2.24, 2.45) is 5.73 Å². The first-order valence-corrected chi connectivity index (χ1v) is 5.11. The second kappa shape index (κ2) is 5.63. The number of aliphatic hydroxyl groups excluding tert-OH is 1. The summed E-state index contributed by atoms with van der Waals surface area (Å²) in [6, 6.07) is 3.80. The van der Waals surface area contributed by atoms with Gasteiger partial charge in [0.15, 0.2) is 0 Å². The van der Waals surface area contributed by atoms with Crippen LogP contribution in [-0.2, 0) is 29.1 Å². The van der Waals surface area contributed by atoms with Gasteiger partial charge in [-0.1, -0.05) is 17.7 Å². The molecule has 1 aromatic carbocycles.